The van der Waals surface area contributed by atoms with Gasteiger partial charge in [0, 0.05) is 30.7 Å². The van der Waals surface area contributed by atoms with Crippen molar-refractivity contribution in [3.8, 4) is 11.5 Å². The number of benzene rings is 1. The smallest absolute Gasteiger partial charge is 0.161 e. The minimum absolute atomic E-state index is 0.346. The van der Waals surface area contributed by atoms with Crippen LogP contribution in [0.2, 0.25) is 0 Å². The van der Waals surface area contributed by atoms with Gasteiger partial charge in [0.05, 0.1) is 14.2 Å². The Morgan fingerprint density at radius 2 is 1.96 bits per heavy atom. The molecule has 4 rings (SSSR count). The van der Waals surface area contributed by atoms with E-state index in [0.717, 1.165) is 48.2 Å². The van der Waals surface area contributed by atoms with Gasteiger partial charge in [0.15, 0.2) is 11.5 Å². The molecule has 1 heterocycles. The summed E-state index contributed by atoms with van der Waals surface area (Å²) in [7, 11) is 3.30. The molecule has 1 aliphatic heterocycles. The molecule has 0 amide bonds. The Labute approximate surface area is 149 Å². The molecule has 3 atom stereocenters. The quantitative estimate of drug-likeness (QED) is 0.790. The lowest BCUT2D eigenvalue weighted by molar-refractivity contribution is -0.119. The van der Waals surface area contributed by atoms with E-state index in [-0.39, 0.29) is 0 Å². The third kappa shape index (κ3) is 3.19. The van der Waals surface area contributed by atoms with Crippen molar-refractivity contribution in [3.05, 3.63) is 23.3 Å². The number of fused-ring (bicyclic) bond motifs is 3. The van der Waals surface area contributed by atoms with Crippen LogP contribution in [0.4, 0.5) is 0 Å². The maximum Gasteiger partial charge on any atom is 0.161 e. The summed E-state index contributed by atoms with van der Waals surface area (Å²) in [5, 5.41) is 0. The third-order valence-corrected chi connectivity index (χ3v) is 6.34. The van der Waals surface area contributed by atoms with Crippen molar-refractivity contribution < 1.29 is 14.3 Å². The predicted octanol–water partition coefficient (Wildman–Crippen LogP) is 3.83. The second-order valence-corrected chi connectivity index (χ2v) is 7.80. The molecule has 25 heavy (non-hydrogen) atoms. The van der Waals surface area contributed by atoms with Crippen molar-refractivity contribution in [2.75, 3.05) is 20.8 Å². The fourth-order valence-electron chi connectivity index (χ4n) is 5.12. The van der Waals surface area contributed by atoms with E-state index in [0.29, 0.717) is 23.9 Å². The van der Waals surface area contributed by atoms with Crippen molar-refractivity contribution >= 4 is 11.5 Å². The van der Waals surface area contributed by atoms with Gasteiger partial charge in [0.25, 0.3) is 0 Å². The molecule has 4 heteroatoms. The van der Waals surface area contributed by atoms with Crippen LogP contribution in [0.15, 0.2) is 17.1 Å². The van der Waals surface area contributed by atoms with Crippen LogP contribution >= 0.6 is 0 Å². The lowest BCUT2D eigenvalue weighted by Gasteiger charge is -2.22. The molecule has 1 aromatic carbocycles. The van der Waals surface area contributed by atoms with E-state index < -0.39 is 0 Å². The first-order chi connectivity index (χ1) is 12.2. The van der Waals surface area contributed by atoms with Crippen LogP contribution in [0.25, 0.3) is 0 Å². The number of ketones is 1. The summed E-state index contributed by atoms with van der Waals surface area (Å²) in [5.74, 6) is 4.12. The van der Waals surface area contributed by atoms with E-state index >= 15 is 0 Å². The number of methoxy groups -OCH3 is 2. The number of ether oxygens (including phenoxy) is 2. The Balaban J connectivity index is 1.48. The first-order valence-corrected chi connectivity index (χ1v) is 9.48. The van der Waals surface area contributed by atoms with E-state index in [4.69, 9.17) is 9.47 Å². The van der Waals surface area contributed by atoms with E-state index in [2.05, 4.69) is 4.99 Å². The zero-order valence-electron chi connectivity index (χ0n) is 15.2. The summed E-state index contributed by atoms with van der Waals surface area (Å²) in [6.45, 7) is 0.749. The Bertz CT molecular complexity index is 709. The van der Waals surface area contributed by atoms with Crippen LogP contribution < -0.4 is 9.47 Å². The lowest BCUT2D eigenvalue weighted by atomic mass is 9.84. The van der Waals surface area contributed by atoms with E-state index in [1.54, 1.807) is 14.2 Å². The topological polar surface area (TPSA) is 47.9 Å². The summed E-state index contributed by atoms with van der Waals surface area (Å²) in [4.78, 5) is 17.4. The van der Waals surface area contributed by atoms with Gasteiger partial charge in [-0.25, -0.2) is 0 Å². The lowest BCUT2D eigenvalue weighted by Crippen LogP contribution is -2.20. The largest absolute Gasteiger partial charge is 0.493 e. The molecule has 0 N–H and O–H groups in total. The molecule has 2 bridgehead atoms. The summed E-state index contributed by atoms with van der Waals surface area (Å²) in [6, 6.07) is 4.01. The van der Waals surface area contributed by atoms with Gasteiger partial charge in [-0.15, -0.1) is 0 Å². The fourth-order valence-corrected chi connectivity index (χ4v) is 5.12. The van der Waals surface area contributed by atoms with Crippen molar-refractivity contribution in [2.45, 2.75) is 44.9 Å². The fraction of sp³-hybridized carbons (Fsp3) is 0.619. The molecule has 2 saturated carbocycles. The van der Waals surface area contributed by atoms with Crippen molar-refractivity contribution in [1.82, 2.24) is 0 Å². The Kier molecular flexibility index (Phi) is 4.53. The number of nitrogens with zero attached hydrogens (tertiary/aromatic N) is 1. The second kappa shape index (κ2) is 6.81. The van der Waals surface area contributed by atoms with Crippen molar-refractivity contribution in [2.24, 2.45) is 22.7 Å². The molecule has 134 valence electrons. The maximum atomic E-state index is 12.7. The molecular formula is C21H27NO3. The number of carbonyl (C=O) groups excluding carboxylic acids is 1. The molecule has 0 unspecified atom stereocenters. The van der Waals surface area contributed by atoms with Gasteiger partial charge < -0.3 is 9.47 Å². The molecule has 1 aromatic rings. The third-order valence-electron chi connectivity index (χ3n) is 6.34. The molecule has 0 saturated heterocycles. The molecule has 2 aliphatic carbocycles. The predicted molar refractivity (Wildman–Crippen MR) is 97.8 cm³/mol. The maximum absolute atomic E-state index is 12.7. The summed E-state index contributed by atoms with van der Waals surface area (Å²) >= 11 is 0. The van der Waals surface area contributed by atoms with Gasteiger partial charge in [-0.1, -0.05) is 6.42 Å². The minimum atomic E-state index is 0.346. The number of aliphatic imine (C=N–C) groups is 1. The number of carbonyl (C=O) groups is 1. The van der Waals surface area contributed by atoms with Crippen LogP contribution in [-0.4, -0.2) is 32.3 Å². The van der Waals surface area contributed by atoms with Crippen LogP contribution in [0, 0.1) is 17.8 Å². The molecule has 0 radical (unpaired) electrons. The Hall–Kier alpha value is -1.84. The Morgan fingerprint density at radius 3 is 2.64 bits per heavy atom. The van der Waals surface area contributed by atoms with Crippen LogP contribution in [-0.2, 0) is 11.2 Å². The summed E-state index contributed by atoms with van der Waals surface area (Å²) < 4.78 is 10.8. The van der Waals surface area contributed by atoms with E-state index in [9.17, 15) is 4.79 Å². The van der Waals surface area contributed by atoms with Crippen LogP contribution in [0.1, 0.15) is 49.7 Å². The van der Waals surface area contributed by atoms with Gasteiger partial charge >= 0.3 is 0 Å². The number of hydrogen-bond donors (Lipinski definition) is 0. The van der Waals surface area contributed by atoms with E-state index in [1.165, 1.54) is 31.2 Å². The SMILES string of the molecule is COc1cc2c(cc1OC)C(CC(=O)C[C@@H]1C[C@@H]3CC[C@@H]1C3)=NCC2. The average Bonchev–Trinajstić information content (AvgIpc) is 3.23. The highest BCUT2D eigenvalue weighted by Crippen LogP contribution is 2.49. The zero-order chi connectivity index (χ0) is 17.4. The molecular weight excluding hydrogens is 314 g/mol. The summed E-state index contributed by atoms with van der Waals surface area (Å²) in [5.41, 5.74) is 3.19. The van der Waals surface area contributed by atoms with E-state index in [1.807, 2.05) is 12.1 Å². The first-order valence-electron chi connectivity index (χ1n) is 9.48. The molecule has 3 aliphatic rings. The highest BCUT2D eigenvalue weighted by atomic mass is 16.5. The normalized spacial score (nSPS) is 27.0. The highest BCUT2D eigenvalue weighted by molar-refractivity contribution is 6.12. The van der Waals surface area contributed by atoms with Crippen LogP contribution in [0.5, 0.6) is 11.5 Å². The highest BCUT2D eigenvalue weighted by Gasteiger charge is 2.40. The minimum Gasteiger partial charge on any atom is -0.493 e. The van der Waals surface area contributed by atoms with Gasteiger partial charge in [0.2, 0.25) is 0 Å². The standard InChI is InChI=1S/C21H27NO3/c1-24-20-10-15-5-6-22-19(18(15)12-21(20)25-2)11-17(23)9-16-8-13-3-4-14(16)7-13/h10,12-14,16H,3-9,11H2,1-2H3/t13-,14-,16+/m1/s1. The van der Waals surface area contributed by atoms with Gasteiger partial charge in [-0.2, -0.15) is 0 Å². The second-order valence-electron chi connectivity index (χ2n) is 7.80. The molecule has 0 aromatic heterocycles. The average molecular weight is 341 g/mol. The van der Waals surface area contributed by atoms with Gasteiger partial charge in [-0.3, -0.25) is 9.79 Å². The molecule has 4 nitrogen and oxygen atoms in total. The number of rotatable bonds is 6. The van der Waals surface area contributed by atoms with Crippen LogP contribution in [0.3, 0.4) is 0 Å². The van der Waals surface area contributed by atoms with Crippen molar-refractivity contribution in [3.63, 3.8) is 0 Å². The zero-order valence-corrected chi connectivity index (χ0v) is 15.2. The van der Waals surface area contributed by atoms with Crippen molar-refractivity contribution in [1.29, 1.82) is 0 Å². The number of hydrogen-bond acceptors (Lipinski definition) is 4. The molecule has 2 fully saturated rings. The van der Waals surface area contributed by atoms with Gasteiger partial charge in [0.1, 0.15) is 5.78 Å². The first kappa shape index (κ1) is 16.6. The number of Topliss-reactive ketones (excluding diaryl/α,β-unsaturated/α-hetero) is 1. The molecule has 0 spiro atoms. The Morgan fingerprint density at radius 1 is 1.16 bits per heavy atom. The monoisotopic (exact) mass is 341 g/mol. The summed E-state index contributed by atoms with van der Waals surface area (Å²) in [6.07, 6.45) is 7.43. The van der Waals surface area contributed by atoms with Gasteiger partial charge in [-0.05, 0) is 61.1 Å².